The van der Waals surface area contributed by atoms with Gasteiger partial charge in [-0.1, -0.05) is 12.1 Å². The first kappa shape index (κ1) is 20.3. The third-order valence-electron chi connectivity index (χ3n) is 5.35. The topological polar surface area (TPSA) is 97.4 Å². The molecule has 0 radical (unpaired) electrons. The van der Waals surface area contributed by atoms with E-state index in [0.717, 1.165) is 4.47 Å². The number of likely N-dealkylation sites (tertiary alicyclic amines) is 1. The number of carbonyl (C=O) groups excluding carboxylic acids is 2. The Kier molecular flexibility index (Phi) is 5.72. The van der Waals surface area contributed by atoms with Gasteiger partial charge in [-0.2, -0.15) is 0 Å². The summed E-state index contributed by atoms with van der Waals surface area (Å²) in [6.07, 6.45) is 3.02. The Bertz CT molecular complexity index is 1140. The van der Waals surface area contributed by atoms with Gasteiger partial charge in [0.15, 0.2) is 5.58 Å². The minimum Gasteiger partial charge on any atom is -0.408 e. The Morgan fingerprint density at radius 3 is 2.83 bits per heavy atom. The first-order chi connectivity index (χ1) is 14.4. The summed E-state index contributed by atoms with van der Waals surface area (Å²) in [5.74, 6) is -0.803. The number of amides is 2. The summed E-state index contributed by atoms with van der Waals surface area (Å²) in [5, 5.41) is 2.81. The number of nitrogens with one attached hydrogen (secondary N) is 1. The van der Waals surface area contributed by atoms with Gasteiger partial charge in [0.2, 0.25) is 11.8 Å². The summed E-state index contributed by atoms with van der Waals surface area (Å²) in [4.78, 5) is 43.9. The lowest BCUT2D eigenvalue weighted by atomic mass is 9.96. The fourth-order valence-electron chi connectivity index (χ4n) is 3.79. The number of pyridine rings is 1. The van der Waals surface area contributed by atoms with Crippen LogP contribution in [0.15, 0.2) is 56.3 Å². The van der Waals surface area contributed by atoms with Crippen LogP contribution in [-0.4, -0.2) is 39.4 Å². The van der Waals surface area contributed by atoms with Crippen LogP contribution >= 0.6 is 15.9 Å². The van der Waals surface area contributed by atoms with Gasteiger partial charge in [-0.3, -0.25) is 14.2 Å². The van der Waals surface area contributed by atoms with Crippen LogP contribution < -0.4 is 11.1 Å². The number of nitrogens with zero attached hydrogens (tertiary/aromatic N) is 3. The number of benzene rings is 1. The van der Waals surface area contributed by atoms with Crippen LogP contribution in [0.2, 0.25) is 0 Å². The minimum atomic E-state index is -0.726. The van der Waals surface area contributed by atoms with Crippen LogP contribution in [0.3, 0.4) is 0 Å². The fourth-order valence-corrected chi connectivity index (χ4v) is 4.03. The summed E-state index contributed by atoms with van der Waals surface area (Å²) in [7, 11) is 0. The molecule has 0 aliphatic carbocycles. The molecular weight excluding hydrogens is 452 g/mol. The van der Waals surface area contributed by atoms with Crippen molar-refractivity contribution < 1.29 is 14.0 Å². The Morgan fingerprint density at radius 1 is 1.27 bits per heavy atom. The summed E-state index contributed by atoms with van der Waals surface area (Å²) in [5.41, 5.74) is 1.02. The third kappa shape index (κ3) is 4.02. The van der Waals surface area contributed by atoms with Crippen LogP contribution in [0.4, 0.5) is 5.82 Å². The average molecular weight is 473 g/mol. The fraction of sp³-hybridized carbons (Fsp3) is 0.333. The second-order valence-electron chi connectivity index (χ2n) is 7.36. The maximum atomic E-state index is 13.1. The van der Waals surface area contributed by atoms with E-state index in [9.17, 15) is 14.4 Å². The molecule has 3 heterocycles. The maximum absolute atomic E-state index is 13.1. The summed E-state index contributed by atoms with van der Waals surface area (Å²) >= 11 is 3.31. The van der Waals surface area contributed by atoms with Gasteiger partial charge in [0, 0.05) is 23.8 Å². The van der Waals surface area contributed by atoms with Crippen LogP contribution in [0, 0.1) is 5.92 Å². The Labute approximate surface area is 181 Å². The van der Waals surface area contributed by atoms with Crippen molar-refractivity contribution in [1.82, 2.24) is 14.5 Å². The highest BCUT2D eigenvalue weighted by Gasteiger charge is 2.32. The molecule has 2 amide bonds. The van der Waals surface area contributed by atoms with Crippen molar-refractivity contribution in [3.63, 3.8) is 0 Å². The third-order valence-corrected chi connectivity index (χ3v) is 5.82. The second kappa shape index (κ2) is 8.43. The van der Waals surface area contributed by atoms with Gasteiger partial charge in [0.05, 0.1) is 11.4 Å². The molecule has 2 unspecified atom stereocenters. The molecule has 0 spiro atoms. The quantitative estimate of drug-likeness (QED) is 0.628. The highest BCUT2D eigenvalue weighted by Crippen LogP contribution is 2.23. The first-order valence-electron chi connectivity index (χ1n) is 9.75. The smallest absolute Gasteiger partial charge is 0.408 e. The molecule has 1 N–H and O–H groups in total. The van der Waals surface area contributed by atoms with Gasteiger partial charge in [-0.25, -0.2) is 9.78 Å². The number of carbonyl (C=O) groups is 2. The standard InChI is InChI=1S/C21H21BrN4O4/c1-13(26-16-6-2-3-7-17(16)30-21(26)29)20(28)25-10-4-5-14(12-25)19(27)24-18-9-8-15(22)11-23-18/h2-3,6-9,11,13-14H,4-5,10,12H2,1H3,(H,23,24,27). The van der Waals surface area contributed by atoms with Gasteiger partial charge in [0.1, 0.15) is 11.9 Å². The van der Waals surface area contributed by atoms with E-state index < -0.39 is 11.8 Å². The molecule has 0 bridgehead atoms. The molecule has 3 aromatic rings. The molecule has 8 nitrogen and oxygen atoms in total. The van der Waals surface area contributed by atoms with E-state index >= 15 is 0 Å². The van der Waals surface area contributed by atoms with Crippen molar-refractivity contribution >= 4 is 44.7 Å². The van der Waals surface area contributed by atoms with Gasteiger partial charge in [0.25, 0.3) is 0 Å². The predicted molar refractivity (Wildman–Crippen MR) is 115 cm³/mol. The summed E-state index contributed by atoms with van der Waals surface area (Å²) in [6.45, 7) is 2.53. The highest BCUT2D eigenvalue weighted by atomic mass is 79.9. The number of rotatable bonds is 4. The van der Waals surface area contributed by atoms with E-state index in [4.69, 9.17) is 4.42 Å². The largest absolute Gasteiger partial charge is 0.420 e. The van der Waals surface area contributed by atoms with E-state index in [1.54, 1.807) is 54.4 Å². The highest BCUT2D eigenvalue weighted by molar-refractivity contribution is 9.10. The zero-order chi connectivity index (χ0) is 21.3. The molecule has 9 heteroatoms. The maximum Gasteiger partial charge on any atom is 0.420 e. The average Bonchev–Trinajstić information content (AvgIpc) is 3.10. The molecule has 1 aromatic carbocycles. The number of hydrogen-bond donors (Lipinski definition) is 1. The normalized spacial score (nSPS) is 17.7. The summed E-state index contributed by atoms with van der Waals surface area (Å²) < 4.78 is 7.45. The van der Waals surface area contributed by atoms with E-state index in [2.05, 4.69) is 26.2 Å². The van der Waals surface area contributed by atoms with Gasteiger partial charge in [-0.15, -0.1) is 0 Å². The van der Waals surface area contributed by atoms with Crippen molar-refractivity contribution in [2.75, 3.05) is 18.4 Å². The van der Waals surface area contributed by atoms with Crippen molar-refractivity contribution in [3.8, 4) is 0 Å². The van der Waals surface area contributed by atoms with E-state index in [0.29, 0.717) is 42.8 Å². The lowest BCUT2D eigenvalue weighted by Crippen LogP contribution is -2.46. The van der Waals surface area contributed by atoms with Crippen molar-refractivity contribution in [1.29, 1.82) is 0 Å². The Morgan fingerprint density at radius 2 is 2.07 bits per heavy atom. The van der Waals surface area contributed by atoms with Crippen LogP contribution in [0.1, 0.15) is 25.8 Å². The zero-order valence-corrected chi connectivity index (χ0v) is 18.0. The molecule has 2 atom stereocenters. The lowest BCUT2D eigenvalue weighted by molar-refractivity contribution is -0.137. The summed E-state index contributed by atoms with van der Waals surface area (Å²) in [6, 6.07) is 9.80. The number of oxazole rings is 1. The van der Waals surface area contributed by atoms with Crippen LogP contribution in [-0.2, 0) is 9.59 Å². The predicted octanol–water partition coefficient (Wildman–Crippen LogP) is 3.19. The first-order valence-corrected chi connectivity index (χ1v) is 10.5. The number of anilines is 1. The number of hydrogen-bond acceptors (Lipinski definition) is 5. The number of piperidine rings is 1. The van der Waals surface area contributed by atoms with Crippen LogP contribution in [0.25, 0.3) is 11.1 Å². The molecule has 30 heavy (non-hydrogen) atoms. The molecule has 156 valence electrons. The van der Waals surface area contributed by atoms with E-state index in [1.807, 2.05) is 0 Å². The van der Waals surface area contributed by atoms with Crippen LogP contribution in [0.5, 0.6) is 0 Å². The minimum absolute atomic E-state index is 0.166. The van der Waals surface area contributed by atoms with Crippen molar-refractivity contribution in [2.24, 2.45) is 5.92 Å². The number of para-hydroxylation sites is 2. The molecule has 1 aliphatic heterocycles. The van der Waals surface area contributed by atoms with E-state index in [1.165, 1.54) is 4.57 Å². The molecule has 2 aromatic heterocycles. The second-order valence-corrected chi connectivity index (χ2v) is 8.27. The molecule has 4 rings (SSSR count). The molecular formula is C21H21BrN4O4. The molecule has 0 saturated carbocycles. The van der Waals surface area contributed by atoms with Gasteiger partial charge < -0.3 is 14.6 Å². The SMILES string of the molecule is CC(C(=O)N1CCCC(C(=O)Nc2ccc(Br)cn2)C1)n1c(=O)oc2ccccc21. The van der Waals surface area contributed by atoms with Gasteiger partial charge in [-0.05, 0) is 60.0 Å². The number of aromatic nitrogens is 2. The Balaban J connectivity index is 1.47. The van der Waals surface area contributed by atoms with Crippen molar-refractivity contribution in [2.45, 2.75) is 25.8 Å². The molecule has 1 aliphatic rings. The van der Waals surface area contributed by atoms with E-state index in [-0.39, 0.29) is 17.7 Å². The number of fused-ring (bicyclic) bond motifs is 1. The Hall–Kier alpha value is -2.94. The monoisotopic (exact) mass is 472 g/mol. The number of halogens is 1. The van der Waals surface area contributed by atoms with Crippen molar-refractivity contribution in [3.05, 3.63) is 57.6 Å². The molecule has 1 fully saturated rings. The zero-order valence-electron chi connectivity index (χ0n) is 16.4. The lowest BCUT2D eigenvalue weighted by Gasteiger charge is -2.33. The van der Waals surface area contributed by atoms with Gasteiger partial charge >= 0.3 is 5.76 Å². The molecule has 1 saturated heterocycles.